The number of hydrogen-bond acceptors (Lipinski definition) is 1. The summed E-state index contributed by atoms with van der Waals surface area (Å²) in [6, 6.07) is 0. The van der Waals surface area contributed by atoms with Crippen molar-refractivity contribution in [1.82, 2.24) is 5.32 Å². The zero-order valence-electron chi connectivity index (χ0n) is 6.74. The molecule has 0 unspecified atom stereocenters. The van der Waals surface area contributed by atoms with E-state index in [-0.39, 0.29) is 18.9 Å². The molecule has 58 valence electrons. The molecule has 0 spiro atoms. The molecule has 2 heteroatoms. The molecule has 0 aliphatic heterocycles. The van der Waals surface area contributed by atoms with Gasteiger partial charge < -0.3 is 5.32 Å². The minimum absolute atomic E-state index is 0. The number of rotatable bonds is 6. The Morgan fingerprint density at radius 2 is 1.70 bits per heavy atom. The summed E-state index contributed by atoms with van der Waals surface area (Å²) in [5.74, 6) is 0. The first-order chi connectivity index (χ1) is 4.41. The second-order valence-electron chi connectivity index (χ2n) is 2.41. The van der Waals surface area contributed by atoms with Gasteiger partial charge in [0, 0.05) is 0 Å². The fourth-order valence-electron chi connectivity index (χ4n) is 0.854. The van der Waals surface area contributed by atoms with Gasteiger partial charge in [0.1, 0.15) is 0 Å². The Morgan fingerprint density at radius 3 is 2.20 bits per heavy atom. The van der Waals surface area contributed by atoms with Gasteiger partial charge in [-0.05, 0) is 19.5 Å². The Labute approximate surface area is 77.1 Å². The molecule has 10 heavy (non-hydrogen) atoms. The third-order valence-corrected chi connectivity index (χ3v) is 1.46. The van der Waals surface area contributed by atoms with Crippen LogP contribution in [0.2, 0.25) is 0 Å². The zero-order valence-corrected chi connectivity index (χ0v) is 6.74. The van der Waals surface area contributed by atoms with Gasteiger partial charge in [-0.1, -0.05) is 33.1 Å². The Balaban J connectivity index is 0. The summed E-state index contributed by atoms with van der Waals surface area (Å²) in [4.78, 5) is 0. The SMILES string of the molecule is CCCCCCNCC.[LiH]. The van der Waals surface area contributed by atoms with Crippen molar-refractivity contribution in [2.75, 3.05) is 13.1 Å². The normalized spacial score (nSPS) is 9.00. The van der Waals surface area contributed by atoms with Crippen LogP contribution in [0.15, 0.2) is 0 Å². The van der Waals surface area contributed by atoms with E-state index < -0.39 is 0 Å². The Morgan fingerprint density at radius 1 is 1.00 bits per heavy atom. The Hall–Kier alpha value is 0.557. The van der Waals surface area contributed by atoms with Crippen LogP contribution in [0.25, 0.3) is 0 Å². The van der Waals surface area contributed by atoms with Gasteiger partial charge in [0.05, 0.1) is 0 Å². The van der Waals surface area contributed by atoms with Crippen molar-refractivity contribution in [1.29, 1.82) is 0 Å². The summed E-state index contributed by atoms with van der Waals surface area (Å²) in [5, 5.41) is 3.31. The second kappa shape index (κ2) is 12.3. The molecule has 0 radical (unpaired) electrons. The van der Waals surface area contributed by atoms with Gasteiger partial charge in [-0.15, -0.1) is 0 Å². The first-order valence-corrected chi connectivity index (χ1v) is 4.12. The average molecular weight is 137 g/mol. The quantitative estimate of drug-likeness (QED) is 0.432. The molecule has 1 N–H and O–H groups in total. The van der Waals surface area contributed by atoms with Crippen LogP contribution in [0.4, 0.5) is 0 Å². The predicted molar refractivity (Wildman–Crippen MR) is 49.8 cm³/mol. The van der Waals surface area contributed by atoms with Crippen molar-refractivity contribution in [3.8, 4) is 0 Å². The maximum atomic E-state index is 3.31. The van der Waals surface area contributed by atoms with E-state index in [1.54, 1.807) is 0 Å². The third-order valence-electron chi connectivity index (χ3n) is 1.46. The summed E-state index contributed by atoms with van der Waals surface area (Å²) in [5.41, 5.74) is 0. The van der Waals surface area contributed by atoms with Gasteiger partial charge in [-0.3, -0.25) is 0 Å². The number of nitrogens with one attached hydrogen (secondary N) is 1. The molecule has 0 saturated carbocycles. The van der Waals surface area contributed by atoms with Crippen LogP contribution >= 0.6 is 0 Å². The van der Waals surface area contributed by atoms with Crippen molar-refractivity contribution >= 4 is 18.9 Å². The summed E-state index contributed by atoms with van der Waals surface area (Å²) < 4.78 is 0. The predicted octanol–water partition coefficient (Wildman–Crippen LogP) is 1.53. The van der Waals surface area contributed by atoms with Crippen LogP contribution < -0.4 is 5.32 Å². The molecule has 0 aliphatic rings. The summed E-state index contributed by atoms with van der Waals surface area (Å²) in [7, 11) is 0. The molecule has 1 nitrogen and oxygen atoms in total. The molecule has 0 aliphatic carbocycles. The molecule has 0 atom stereocenters. The molecule has 0 aromatic carbocycles. The van der Waals surface area contributed by atoms with Crippen LogP contribution in [0.3, 0.4) is 0 Å². The van der Waals surface area contributed by atoms with Gasteiger partial charge in [0.25, 0.3) is 0 Å². The van der Waals surface area contributed by atoms with Crippen LogP contribution in [0.1, 0.15) is 39.5 Å². The molecule has 0 bridgehead atoms. The van der Waals surface area contributed by atoms with Crippen molar-refractivity contribution in [3.63, 3.8) is 0 Å². The molecular weight excluding hydrogens is 117 g/mol. The van der Waals surface area contributed by atoms with E-state index in [2.05, 4.69) is 19.2 Å². The second-order valence-corrected chi connectivity index (χ2v) is 2.41. The van der Waals surface area contributed by atoms with E-state index in [0.717, 1.165) is 6.54 Å². The topological polar surface area (TPSA) is 12.0 Å². The van der Waals surface area contributed by atoms with Gasteiger partial charge in [-0.2, -0.15) is 0 Å². The standard InChI is InChI=1S/C8H19N.Li.H/c1-3-5-6-7-8-9-4-2;;/h9H,3-8H2,1-2H3;;. The van der Waals surface area contributed by atoms with Crippen molar-refractivity contribution < 1.29 is 0 Å². The first-order valence-electron chi connectivity index (χ1n) is 4.12. The van der Waals surface area contributed by atoms with Crippen molar-refractivity contribution in [2.45, 2.75) is 39.5 Å². The van der Waals surface area contributed by atoms with Crippen molar-refractivity contribution in [2.24, 2.45) is 0 Å². The van der Waals surface area contributed by atoms with Crippen LogP contribution in [-0.4, -0.2) is 32.0 Å². The number of unbranched alkanes of at least 4 members (excludes halogenated alkanes) is 3. The zero-order chi connectivity index (χ0) is 6.95. The molecule has 0 fully saturated rings. The maximum absolute atomic E-state index is 3.31. The van der Waals surface area contributed by atoms with E-state index >= 15 is 0 Å². The van der Waals surface area contributed by atoms with Gasteiger partial charge in [0.15, 0.2) is 0 Å². The molecule has 0 amide bonds. The fourth-order valence-corrected chi connectivity index (χ4v) is 0.854. The Bertz CT molecular complexity index is 42.5. The van der Waals surface area contributed by atoms with E-state index in [1.807, 2.05) is 0 Å². The molecule has 0 aromatic heterocycles. The monoisotopic (exact) mass is 137 g/mol. The molecule has 0 saturated heterocycles. The first kappa shape index (κ1) is 13.2. The van der Waals surface area contributed by atoms with E-state index in [0.29, 0.717) is 0 Å². The average Bonchev–Trinajstić information content (AvgIpc) is 1.89. The molecule has 0 heterocycles. The molecule has 0 rings (SSSR count). The summed E-state index contributed by atoms with van der Waals surface area (Å²) in [6.45, 7) is 6.72. The van der Waals surface area contributed by atoms with Gasteiger partial charge >= 0.3 is 18.9 Å². The molecule has 0 aromatic rings. The van der Waals surface area contributed by atoms with E-state index in [4.69, 9.17) is 0 Å². The summed E-state index contributed by atoms with van der Waals surface area (Å²) >= 11 is 0. The van der Waals surface area contributed by atoms with Gasteiger partial charge in [0.2, 0.25) is 0 Å². The fraction of sp³-hybridized carbons (Fsp3) is 1.00. The number of hydrogen-bond donors (Lipinski definition) is 1. The Kier molecular flexibility index (Phi) is 16.1. The summed E-state index contributed by atoms with van der Waals surface area (Å²) in [6.07, 6.45) is 5.47. The van der Waals surface area contributed by atoms with Gasteiger partial charge in [-0.25, -0.2) is 0 Å². The van der Waals surface area contributed by atoms with Crippen LogP contribution in [0.5, 0.6) is 0 Å². The van der Waals surface area contributed by atoms with Crippen LogP contribution in [-0.2, 0) is 0 Å². The van der Waals surface area contributed by atoms with E-state index in [9.17, 15) is 0 Å². The van der Waals surface area contributed by atoms with Crippen LogP contribution in [0, 0.1) is 0 Å². The third kappa shape index (κ3) is 11.4. The van der Waals surface area contributed by atoms with Crippen molar-refractivity contribution in [3.05, 3.63) is 0 Å². The minimum atomic E-state index is 0. The van der Waals surface area contributed by atoms with E-state index in [1.165, 1.54) is 32.2 Å². The molecular formula is C8H20LiN.